The molecule has 1 aromatic carbocycles. The predicted octanol–water partition coefficient (Wildman–Crippen LogP) is 2.91. The van der Waals surface area contributed by atoms with Crippen molar-refractivity contribution in [3.05, 3.63) is 42.1 Å². The Balaban J connectivity index is 2.34. The number of fused-ring (bicyclic) bond motifs is 1. The van der Waals surface area contributed by atoms with E-state index >= 15 is 0 Å². The Morgan fingerprint density at radius 2 is 2.20 bits per heavy atom. The Kier molecular flexibility index (Phi) is 5.12. The van der Waals surface area contributed by atoms with E-state index in [0.29, 0.717) is 6.61 Å². The molecule has 0 radical (unpaired) electrons. The highest BCUT2D eigenvalue weighted by molar-refractivity contribution is 8.13. The highest BCUT2D eigenvalue weighted by atomic mass is 32.2. The third-order valence-electron chi connectivity index (χ3n) is 2.73. The normalized spacial score (nSPS) is 11.6. The van der Waals surface area contributed by atoms with Crippen LogP contribution in [0.2, 0.25) is 0 Å². The van der Waals surface area contributed by atoms with Crippen molar-refractivity contribution in [2.45, 2.75) is 6.92 Å². The van der Waals surface area contributed by atoms with Gasteiger partial charge in [0, 0.05) is 17.1 Å². The summed E-state index contributed by atoms with van der Waals surface area (Å²) in [5.74, 6) is -0.308. The summed E-state index contributed by atoms with van der Waals surface area (Å²) in [6.45, 7) is 2.20. The number of hydrogen-bond donors (Lipinski definition) is 0. The third-order valence-corrected chi connectivity index (χ3v) is 3.46. The third kappa shape index (κ3) is 3.36. The monoisotopic (exact) mass is 288 g/mol. The Bertz CT molecular complexity index is 635. The van der Waals surface area contributed by atoms with Gasteiger partial charge < -0.3 is 4.74 Å². The van der Waals surface area contributed by atoms with Crippen LogP contribution < -0.4 is 0 Å². The van der Waals surface area contributed by atoms with Crippen molar-refractivity contribution >= 4 is 33.7 Å². The average molecular weight is 288 g/mol. The fourth-order valence-corrected chi connectivity index (χ4v) is 2.48. The summed E-state index contributed by atoms with van der Waals surface area (Å²) < 4.78 is 4.89. The lowest BCUT2D eigenvalue weighted by atomic mass is 10.1. The topological polar surface area (TPSA) is 51.5 Å². The molecule has 1 aromatic heterocycles. The van der Waals surface area contributed by atoms with Crippen molar-refractivity contribution in [3.8, 4) is 0 Å². The number of aliphatic imine (C=N–C) groups is 1. The molecule has 20 heavy (non-hydrogen) atoms. The van der Waals surface area contributed by atoms with E-state index in [9.17, 15) is 4.79 Å². The number of aromatic nitrogens is 1. The molecule has 0 spiro atoms. The molecule has 0 amide bonds. The highest BCUT2D eigenvalue weighted by Crippen LogP contribution is 2.21. The van der Waals surface area contributed by atoms with Crippen LogP contribution in [0.3, 0.4) is 0 Å². The molecule has 0 bridgehead atoms. The summed E-state index contributed by atoms with van der Waals surface area (Å²) in [5.41, 5.74) is 1.91. The fraction of sp³-hybridized carbons (Fsp3) is 0.267. The van der Waals surface area contributed by atoms with Crippen LogP contribution in [0.5, 0.6) is 0 Å². The second-order valence-electron chi connectivity index (χ2n) is 4.01. The van der Waals surface area contributed by atoms with Crippen LogP contribution in [0, 0.1) is 0 Å². The van der Waals surface area contributed by atoms with E-state index in [1.807, 2.05) is 36.6 Å². The van der Waals surface area contributed by atoms with E-state index in [1.165, 1.54) is 11.8 Å². The number of rotatable bonds is 4. The minimum absolute atomic E-state index is 0.0423. The number of nitrogens with zero attached hydrogens (tertiary/aromatic N) is 2. The van der Waals surface area contributed by atoms with Gasteiger partial charge >= 0.3 is 5.97 Å². The molecule has 5 heteroatoms. The number of ether oxygens (including phenoxy) is 1. The van der Waals surface area contributed by atoms with E-state index in [1.54, 1.807) is 13.1 Å². The molecule has 0 aliphatic carbocycles. The maximum absolute atomic E-state index is 11.4. The van der Waals surface area contributed by atoms with Gasteiger partial charge in [0.05, 0.1) is 17.2 Å². The zero-order chi connectivity index (χ0) is 14.4. The van der Waals surface area contributed by atoms with Gasteiger partial charge in [-0.25, -0.2) is 0 Å². The first-order valence-electron chi connectivity index (χ1n) is 6.34. The van der Waals surface area contributed by atoms with Crippen LogP contribution >= 0.6 is 11.8 Å². The van der Waals surface area contributed by atoms with Crippen molar-refractivity contribution in [1.82, 2.24) is 4.98 Å². The molecular formula is C15H16N2O2S. The molecule has 2 aromatic rings. The van der Waals surface area contributed by atoms with Crippen molar-refractivity contribution in [3.63, 3.8) is 0 Å². The molecular weight excluding hydrogens is 272 g/mol. The van der Waals surface area contributed by atoms with Crippen LogP contribution in [-0.4, -0.2) is 35.4 Å². The van der Waals surface area contributed by atoms with Crippen LogP contribution in [0.25, 0.3) is 10.9 Å². The van der Waals surface area contributed by atoms with Gasteiger partial charge in [0.2, 0.25) is 0 Å². The molecule has 0 N–H and O–H groups in total. The molecule has 104 valence electrons. The first-order valence-corrected chi connectivity index (χ1v) is 7.57. The van der Waals surface area contributed by atoms with E-state index in [-0.39, 0.29) is 12.5 Å². The quantitative estimate of drug-likeness (QED) is 0.493. The molecule has 1 heterocycles. The summed E-state index contributed by atoms with van der Waals surface area (Å²) in [6.07, 6.45) is 3.71. The lowest BCUT2D eigenvalue weighted by Crippen LogP contribution is -2.09. The number of thioether (sulfide) groups is 1. The number of benzene rings is 1. The molecule has 0 aliphatic heterocycles. The van der Waals surface area contributed by atoms with Gasteiger partial charge in [0.15, 0.2) is 0 Å². The zero-order valence-corrected chi connectivity index (χ0v) is 12.3. The molecule has 0 saturated carbocycles. The maximum atomic E-state index is 11.4. The van der Waals surface area contributed by atoms with E-state index in [4.69, 9.17) is 4.74 Å². The zero-order valence-electron chi connectivity index (χ0n) is 11.5. The lowest BCUT2D eigenvalue weighted by Gasteiger charge is -2.07. The number of hydrogen-bond acceptors (Lipinski definition) is 5. The summed E-state index contributed by atoms with van der Waals surface area (Å²) in [7, 11) is 0. The van der Waals surface area contributed by atoms with Gasteiger partial charge in [-0.1, -0.05) is 18.2 Å². The Morgan fingerprint density at radius 3 is 2.95 bits per heavy atom. The van der Waals surface area contributed by atoms with E-state index in [0.717, 1.165) is 21.5 Å². The second-order valence-corrected chi connectivity index (χ2v) is 4.80. The minimum atomic E-state index is -0.308. The number of carbonyl (C=O) groups excluding carboxylic acids is 1. The highest BCUT2D eigenvalue weighted by Gasteiger charge is 2.08. The van der Waals surface area contributed by atoms with Crippen LogP contribution in [0.15, 0.2) is 41.5 Å². The minimum Gasteiger partial charge on any atom is -0.465 e. The molecule has 0 unspecified atom stereocenters. The smallest absolute Gasteiger partial charge is 0.327 e. The van der Waals surface area contributed by atoms with E-state index < -0.39 is 0 Å². The van der Waals surface area contributed by atoms with Crippen molar-refractivity contribution in [2.24, 2.45) is 4.99 Å². The first kappa shape index (κ1) is 14.5. The van der Waals surface area contributed by atoms with Crippen molar-refractivity contribution < 1.29 is 9.53 Å². The standard InChI is InChI=1S/C15H16N2O2S/c1-3-19-14(18)10-17-15(20-2)12-6-4-8-13-11(12)7-5-9-16-13/h4-9H,3,10H2,1-2H3/b17-15-. The lowest BCUT2D eigenvalue weighted by molar-refractivity contribution is -0.141. The van der Waals surface area contributed by atoms with Crippen LogP contribution in [-0.2, 0) is 9.53 Å². The fourth-order valence-electron chi connectivity index (χ4n) is 1.89. The van der Waals surface area contributed by atoms with Gasteiger partial charge in [-0.2, -0.15) is 0 Å². The van der Waals surface area contributed by atoms with Crippen LogP contribution in [0.1, 0.15) is 12.5 Å². The maximum Gasteiger partial charge on any atom is 0.327 e. The summed E-state index contributed by atoms with van der Waals surface area (Å²) >= 11 is 1.51. The van der Waals surface area contributed by atoms with Crippen molar-refractivity contribution in [1.29, 1.82) is 0 Å². The van der Waals surface area contributed by atoms with Gasteiger partial charge in [-0.15, -0.1) is 11.8 Å². The largest absolute Gasteiger partial charge is 0.465 e. The molecule has 0 fully saturated rings. The molecule has 0 saturated heterocycles. The van der Waals surface area contributed by atoms with Crippen molar-refractivity contribution in [2.75, 3.05) is 19.4 Å². The first-order chi connectivity index (χ1) is 9.76. The Morgan fingerprint density at radius 1 is 1.35 bits per heavy atom. The number of pyridine rings is 1. The predicted molar refractivity (Wildman–Crippen MR) is 83.3 cm³/mol. The molecule has 4 nitrogen and oxygen atoms in total. The summed E-state index contributed by atoms with van der Waals surface area (Å²) in [5, 5.41) is 1.85. The average Bonchev–Trinajstić information content (AvgIpc) is 2.48. The molecule has 0 aliphatic rings. The van der Waals surface area contributed by atoms with Gasteiger partial charge in [0.25, 0.3) is 0 Å². The van der Waals surface area contributed by atoms with E-state index in [2.05, 4.69) is 9.98 Å². The second kappa shape index (κ2) is 7.05. The van der Waals surface area contributed by atoms with Gasteiger partial charge in [-0.05, 0) is 25.3 Å². The summed E-state index contributed by atoms with van der Waals surface area (Å²) in [6, 6.07) is 9.80. The Labute approximate surface area is 122 Å². The summed E-state index contributed by atoms with van der Waals surface area (Å²) in [4.78, 5) is 20.1. The van der Waals surface area contributed by atoms with Crippen LogP contribution in [0.4, 0.5) is 0 Å². The number of carbonyl (C=O) groups is 1. The van der Waals surface area contributed by atoms with Gasteiger partial charge in [0.1, 0.15) is 6.54 Å². The number of esters is 1. The molecule has 2 rings (SSSR count). The molecule has 0 atom stereocenters. The Hall–Kier alpha value is -1.88. The van der Waals surface area contributed by atoms with Gasteiger partial charge in [-0.3, -0.25) is 14.8 Å². The SMILES string of the molecule is CCOC(=O)C/N=C(\SC)c1cccc2ncccc12.